The summed E-state index contributed by atoms with van der Waals surface area (Å²) in [5.74, 6) is 2.91. The van der Waals surface area contributed by atoms with Gasteiger partial charge in [-0.25, -0.2) is 4.98 Å². The number of halogens is 3. The highest BCUT2D eigenvalue weighted by atomic mass is 19.4. The fraction of sp³-hybridized carbons (Fsp3) is 0.115. The third-order valence-electron chi connectivity index (χ3n) is 4.96. The summed E-state index contributed by atoms with van der Waals surface area (Å²) in [5.41, 5.74) is 5.00. The molecule has 0 aliphatic carbocycles. The molecule has 4 rings (SSSR count). The van der Waals surface area contributed by atoms with Gasteiger partial charge in [0.25, 0.3) is 0 Å². The maximum atomic E-state index is 12.5. The van der Waals surface area contributed by atoms with Crippen LogP contribution in [0.1, 0.15) is 11.5 Å². The van der Waals surface area contributed by atoms with E-state index in [9.17, 15) is 13.2 Å². The number of benzene rings is 1. The molecule has 0 saturated heterocycles. The van der Waals surface area contributed by atoms with Crippen LogP contribution >= 0.6 is 0 Å². The second-order valence-corrected chi connectivity index (χ2v) is 7.37. The lowest BCUT2D eigenvalue weighted by molar-refractivity contribution is -0.274. The summed E-state index contributed by atoms with van der Waals surface area (Å²) >= 11 is 0. The molecule has 0 amide bonds. The number of allylic oxidation sites excluding steroid dienone is 1. The molecule has 0 fully saturated rings. The lowest BCUT2D eigenvalue weighted by atomic mass is 10.0. The number of pyridine rings is 2. The summed E-state index contributed by atoms with van der Waals surface area (Å²) in [6.07, 6.45) is 5.64. The number of ether oxygens (including phenoxy) is 1. The lowest BCUT2D eigenvalue weighted by Gasteiger charge is -2.11. The summed E-state index contributed by atoms with van der Waals surface area (Å²) in [7, 11) is 0. The van der Waals surface area contributed by atoms with E-state index in [0.29, 0.717) is 28.5 Å². The zero-order chi connectivity index (χ0) is 24.3. The Kier molecular flexibility index (Phi) is 6.19. The molecule has 5 nitrogen and oxygen atoms in total. The zero-order valence-electron chi connectivity index (χ0n) is 18.3. The molecule has 0 aliphatic rings. The van der Waals surface area contributed by atoms with Crippen molar-refractivity contribution in [2.24, 2.45) is 0 Å². The number of hydrogen-bond acceptors (Lipinski definition) is 4. The van der Waals surface area contributed by atoms with Gasteiger partial charge in [-0.3, -0.25) is 9.97 Å². The van der Waals surface area contributed by atoms with Crippen LogP contribution in [0.15, 0.2) is 66.9 Å². The van der Waals surface area contributed by atoms with E-state index in [4.69, 9.17) is 11.4 Å². The van der Waals surface area contributed by atoms with Crippen LogP contribution < -0.4 is 4.74 Å². The molecule has 0 N–H and O–H groups in total. The van der Waals surface area contributed by atoms with Crippen molar-refractivity contribution < 1.29 is 17.9 Å². The highest BCUT2D eigenvalue weighted by Gasteiger charge is 2.31. The predicted octanol–water partition coefficient (Wildman–Crippen LogP) is 6.29. The molecule has 0 atom stereocenters. The minimum absolute atomic E-state index is 0.298. The molecule has 0 saturated carbocycles. The van der Waals surface area contributed by atoms with Gasteiger partial charge >= 0.3 is 6.36 Å². The van der Waals surface area contributed by atoms with Crippen molar-refractivity contribution in [2.75, 3.05) is 0 Å². The average Bonchev–Trinajstić information content (AvgIpc) is 3.13. The SMILES string of the molecule is C#C/C=C\n1c(C)nc(-c2cccc(C)n2)c1-c1ccnc(-c2ccc(OC(F)(F)F)cc2)c1. The van der Waals surface area contributed by atoms with Gasteiger partial charge in [-0.15, -0.1) is 19.6 Å². The minimum Gasteiger partial charge on any atom is -0.406 e. The Hall–Kier alpha value is -4.38. The van der Waals surface area contributed by atoms with E-state index in [2.05, 4.69) is 20.6 Å². The van der Waals surface area contributed by atoms with Gasteiger partial charge in [-0.1, -0.05) is 12.0 Å². The normalized spacial score (nSPS) is 11.5. The second-order valence-electron chi connectivity index (χ2n) is 7.37. The van der Waals surface area contributed by atoms with Crippen molar-refractivity contribution in [3.05, 3.63) is 78.4 Å². The third kappa shape index (κ3) is 4.99. The van der Waals surface area contributed by atoms with Gasteiger partial charge in [-0.2, -0.15) is 0 Å². The number of aryl methyl sites for hydroxylation is 2. The summed E-state index contributed by atoms with van der Waals surface area (Å²) < 4.78 is 43.2. The third-order valence-corrected chi connectivity index (χ3v) is 4.96. The van der Waals surface area contributed by atoms with Gasteiger partial charge in [0, 0.05) is 35.3 Å². The first-order valence-electron chi connectivity index (χ1n) is 10.2. The van der Waals surface area contributed by atoms with Gasteiger partial charge in [-0.05, 0) is 62.4 Å². The highest BCUT2D eigenvalue weighted by Crippen LogP contribution is 2.34. The van der Waals surface area contributed by atoms with Gasteiger partial charge in [0.2, 0.25) is 0 Å². The van der Waals surface area contributed by atoms with Crippen LogP contribution in [0, 0.1) is 26.2 Å². The zero-order valence-corrected chi connectivity index (χ0v) is 18.3. The molecule has 0 aliphatic heterocycles. The molecule has 0 unspecified atom stereocenters. The number of imidazole rings is 1. The number of aromatic nitrogens is 4. The van der Waals surface area contributed by atoms with Gasteiger partial charge in [0.05, 0.1) is 17.1 Å². The predicted molar refractivity (Wildman–Crippen MR) is 124 cm³/mol. The molecule has 34 heavy (non-hydrogen) atoms. The molecule has 0 radical (unpaired) electrons. The van der Waals surface area contributed by atoms with E-state index in [1.165, 1.54) is 24.3 Å². The first-order valence-corrected chi connectivity index (χ1v) is 10.2. The van der Waals surface area contributed by atoms with Gasteiger partial charge < -0.3 is 9.30 Å². The van der Waals surface area contributed by atoms with Crippen LogP contribution in [0.3, 0.4) is 0 Å². The topological polar surface area (TPSA) is 52.8 Å². The Morgan fingerprint density at radius 1 is 0.971 bits per heavy atom. The fourth-order valence-electron chi connectivity index (χ4n) is 3.54. The Balaban J connectivity index is 1.82. The van der Waals surface area contributed by atoms with Crippen molar-refractivity contribution >= 4 is 6.20 Å². The number of nitrogens with zero attached hydrogens (tertiary/aromatic N) is 4. The maximum Gasteiger partial charge on any atom is 0.573 e. The van der Waals surface area contributed by atoms with Crippen molar-refractivity contribution in [3.8, 4) is 52.0 Å². The Morgan fingerprint density at radius 3 is 2.41 bits per heavy atom. The number of alkyl halides is 3. The van der Waals surface area contributed by atoms with Crippen molar-refractivity contribution in [1.29, 1.82) is 0 Å². The smallest absolute Gasteiger partial charge is 0.406 e. The van der Waals surface area contributed by atoms with E-state index < -0.39 is 6.36 Å². The van der Waals surface area contributed by atoms with E-state index >= 15 is 0 Å². The van der Waals surface area contributed by atoms with Crippen molar-refractivity contribution in [1.82, 2.24) is 19.5 Å². The first kappa shape index (κ1) is 22.8. The summed E-state index contributed by atoms with van der Waals surface area (Å²) in [6, 6.07) is 14.9. The molecular weight excluding hydrogens is 441 g/mol. The monoisotopic (exact) mass is 460 g/mol. The molecular formula is C26H19F3N4O. The highest BCUT2D eigenvalue weighted by molar-refractivity contribution is 5.81. The molecule has 0 spiro atoms. The summed E-state index contributed by atoms with van der Waals surface area (Å²) in [5, 5.41) is 0. The molecule has 3 heterocycles. The van der Waals surface area contributed by atoms with Crippen LogP contribution in [0.5, 0.6) is 5.75 Å². The molecule has 1 aromatic carbocycles. The first-order chi connectivity index (χ1) is 16.2. The lowest BCUT2D eigenvalue weighted by Crippen LogP contribution is -2.16. The van der Waals surface area contributed by atoms with Crippen LogP contribution in [-0.2, 0) is 0 Å². The maximum absolute atomic E-state index is 12.5. The van der Waals surface area contributed by atoms with E-state index in [0.717, 1.165) is 17.0 Å². The van der Waals surface area contributed by atoms with Gasteiger partial charge in [0.1, 0.15) is 17.3 Å². The quantitative estimate of drug-likeness (QED) is 0.328. The van der Waals surface area contributed by atoms with Crippen LogP contribution in [0.2, 0.25) is 0 Å². The van der Waals surface area contributed by atoms with Crippen LogP contribution in [-0.4, -0.2) is 25.9 Å². The van der Waals surface area contributed by atoms with Gasteiger partial charge in [0.15, 0.2) is 0 Å². The molecule has 4 aromatic rings. The fourth-order valence-corrected chi connectivity index (χ4v) is 3.54. The van der Waals surface area contributed by atoms with E-state index in [1.54, 1.807) is 18.5 Å². The van der Waals surface area contributed by atoms with E-state index in [1.807, 2.05) is 48.7 Å². The standard InChI is InChI=1S/C26H19F3N4O/c1-4-5-15-33-18(3)32-24(22-8-6-7-17(2)31-22)25(33)20-13-14-30-23(16-20)19-9-11-21(12-10-19)34-26(27,28)29/h1,5-16H,2-3H3/b15-5-. The Labute approximate surface area is 194 Å². The average molecular weight is 460 g/mol. The van der Waals surface area contributed by atoms with Crippen molar-refractivity contribution in [2.45, 2.75) is 20.2 Å². The molecule has 0 bridgehead atoms. The van der Waals surface area contributed by atoms with Crippen LogP contribution in [0.25, 0.3) is 40.1 Å². The number of rotatable bonds is 5. The van der Waals surface area contributed by atoms with Crippen LogP contribution in [0.4, 0.5) is 13.2 Å². The Morgan fingerprint density at radius 2 is 1.74 bits per heavy atom. The molecule has 3 aromatic heterocycles. The summed E-state index contributed by atoms with van der Waals surface area (Å²) in [4.78, 5) is 13.8. The minimum atomic E-state index is -4.75. The number of terminal acetylenes is 1. The number of hydrogen-bond donors (Lipinski definition) is 0. The van der Waals surface area contributed by atoms with E-state index in [-0.39, 0.29) is 5.75 Å². The largest absolute Gasteiger partial charge is 0.573 e. The second kappa shape index (κ2) is 9.24. The molecule has 170 valence electrons. The Bertz CT molecular complexity index is 1400. The summed E-state index contributed by atoms with van der Waals surface area (Å²) in [6.45, 7) is 3.77. The van der Waals surface area contributed by atoms with Crippen molar-refractivity contribution in [3.63, 3.8) is 0 Å². The molecule has 8 heteroatoms.